The van der Waals surface area contributed by atoms with Gasteiger partial charge in [-0.05, 0) is 24.1 Å². The van der Waals surface area contributed by atoms with Crippen molar-refractivity contribution in [3.8, 4) is 0 Å². The first-order chi connectivity index (χ1) is 8.20. The second-order valence-electron chi connectivity index (χ2n) is 3.40. The molecule has 2 nitrogen and oxygen atoms in total. The van der Waals surface area contributed by atoms with E-state index in [0.717, 1.165) is 34.2 Å². The third-order valence-electron chi connectivity index (χ3n) is 2.19. The molecule has 94 valence electrons. The number of nitrogens with one attached hydrogen (secondary N) is 1. The molecular formula is C12H18N2S3. The van der Waals surface area contributed by atoms with Gasteiger partial charge in [0.05, 0.1) is 0 Å². The van der Waals surface area contributed by atoms with E-state index in [0.29, 0.717) is 4.99 Å². The standard InChI is InChI=1S/C12H18N2S3/c1-3-17-10-6-4-5-9(11(10)12(13)15)14-7-8-16-2/h4-6,14H,3,7-8H2,1-2H3,(H2,13,15). The summed E-state index contributed by atoms with van der Waals surface area (Å²) in [6.07, 6.45) is 2.10. The van der Waals surface area contributed by atoms with Crippen LogP contribution in [0.15, 0.2) is 23.1 Å². The zero-order valence-corrected chi connectivity index (χ0v) is 12.6. The molecule has 0 fully saturated rings. The van der Waals surface area contributed by atoms with E-state index in [1.807, 2.05) is 23.9 Å². The first-order valence-electron chi connectivity index (χ1n) is 5.49. The van der Waals surface area contributed by atoms with Crippen molar-refractivity contribution in [3.63, 3.8) is 0 Å². The van der Waals surface area contributed by atoms with Crippen LogP contribution < -0.4 is 11.1 Å². The Bertz CT molecular complexity index is 380. The molecule has 0 atom stereocenters. The summed E-state index contributed by atoms with van der Waals surface area (Å²) in [7, 11) is 0. The van der Waals surface area contributed by atoms with Gasteiger partial charge in [-0.15, -0.1) is 11.8 Å². The minimum atomic E-state index is 0.466. The van der Waals surface area contributed by atoms with Gasteiger partial charge in [-0.3, -0.25) is 0 Å². The van der Waals surface area contributed by atoms with Gasteiger partial charge in [0.1, 0.15) is 4.99 Å². The summed E-state index contributed by atoms with van der Waals surface area (Å²) < 4.78 is 0. The molecule has 3 N–H and O–H groups in total. The first kappa shape index (κ1) is 14.7. The zero-order valence-electron chi connectivity index (χ0n) is 10.2. The van der Waals surface area contributed by atoms with Gasteiger partial charge in [0.2, 0.25) is 0 Å². The van der Waals surface area contributed by atoms with Crippen LogP contribution in [0.3, 0.4) is 0 Å². The molecule has 0 aliphatic rings. The highest BCUT2D eigenvalue weighted by molar-refractivity contribution is 7.99. The van der Waals surface area contributed by atoms with Crippen molar-refractivity contribution >= 4 is 46.4 Å². The second kappa shape index (κ2) is 7.84. The van der Waals surface area contributed by atoms with Gasteiger partial charge < -0.3 is 11.1 Å². The summed E-state index contributed by atoms with van der Waals surface area (Å²) >= 11 is 8.74. The number of anilines is 1. The summed E-state index contributed by atoms with van der Waals surface area (Å²) in [5, 5.41) is 3.39. The molecule has 0 spiro atoms. The Morgan fingerprint density at radius 1 is 1.47 bits per heavy atom. The topological polar surface area (TPSA) is 38.0 Å². The molecule has 1 rings (SSSR count). The number of hydrogen-bond acceptors (Lipinski definition) is 4. The maximum Gasteiger partial charge on any atom is 0.107 e. The highest BCUT2D eigenvalue weighted by Crippen LogP contribution is 2.28. The smallest absolute Gasteiger partial charge is 0.107 e. The second-order valence-corrected chi connectivity index (χ2v) is 6.13. The normalized spacial score (nSPS) is 10.2. The van der Waals surface area contributed by atoms with E-state index in [-0.39, 0.29) is 0 Å². The van der Waals surface area contributed by atoms with Crippen LogP contribution in [0, 0.1) is 0 Å². The fraction of sp³-hybridized carbons (Fsp3) is 0.417. The molecule has 0 amide bonds. The monoisotopic (exact) mass is 286 g/mol. The lowest BCUT2D eigenvalue weighted by Crippen LogP contribution is -2.15. The Balaban J connectivity index is 2.94. The van der Waals surface area contributed by atoms with Gasteiger partial charge in [-0.25, -0.2) is 0 Å². The fourth-order valence-corrected chi connectivity index (χ4v) is 2.94. The molecule has 0 aliphatic carbocycles. The number of thiocarbonyl (C=S) groups is 1. The molecule has 5 heteroatoms. The van der Waals surface area contributed by atoms with E-state index in [1.165, 1.54) is 0 Å². The Morgan fingerprint density at radius 2 is 2.24 bits per heavy atom. The maximum absolute atomic E-state index is 5.82. The van der Waals surface area contributed by atoms with Crippen molar-refractivity contribution < 1.29 is 0 Å². The van der Waals surface area contributed by atoms with Gasteiger partial charge in [-0.1, -0.05) is 25.2 Å². The maximum atomic E-state index is 5.82. The van der Waals surface area contributed by atoms with Gasteiger partial charge in [0.15, 0.2) is 0 Å². The minimum absolute atomic E-state index is 0.466. The molecule has 1 aromatic carbocycles. The van der Waals surface area contributed by atoms with Crippen molar-refractivity contribution in [1.82, 2.24) is 0 Å². The van der Waals surface area contributed by atoms with Crippen LogP contribution >= 0.6 is 35.7 Å². The molecule has 1 aromatic rings. The molecule has 0 saturated carbocycles. The molecule has 0 unspecified atom stereocenters. The number of hydrogen-bond donors (Lipinski definition) is 2. The van der Waals surface area contributed by atoms with Crippen LogP contribution in [0.1, 0.15) is 12.5 Å². The number of thioether (sulfide) groups is 2. The Morgan fingerprint density at radius 3 is 2.82 bits per heavy atom. The summed E-state index contributed by atoms with van der Waals surface area (Å²) in [6, 6.07) is 6.15. The van der Waals surface area contributed by atoms with Crippen molar-refractivity contribution in [2.24, 2.45) is 5.73 Å². The van der Waals surface area contributed by atoms with E-state index < -0.39 is 0 Å². The Hall–Kier alpha value is -0.390. The van der Waals surface area contributed by atoms with E-state index >= 15 is 0 Å². The van der Waals surface area contributed by atoms with Crippen molar-refractivity contribution in [3.05, 3.63) is 23.8 Å². The fourth-order valence-electron chi connectivity index (χ4n) is 1.50. The SMILES string of the molecule is CCSc1cccc(NCCSC)c1C(N)=S. The lowest BCUT2D eigenvalue weighted by Gasteiger charge is -2.14. The van der Waals surface area contributed by atoms with Crippen molar-refractivity contribution in [2.45, 2.75) is 11.8 Å². The highest BCUT2D eigenvalue weighted by atomic mass is 32.2. The number of benzene rings is 1. The van der Waals surface area contributed by atoms with Crippen LogP contribution in [0.4, 0.5) is 5.69 Å². The van der Waals surface area contributed by atoms with Gasteiger partial charge in [-0.2, -0.15) is 11.8 Å². The quantitative estimate of drug-likeness (QED) is 0.457. The first-order valence-corrected chi connectivity index (χ1v) is 8.27. The molecular weight excluding hydrogens is 268 g/mol. The summed E-state index contributed by atoms with van der Waals surface area (Å²) in [6.45, 7) is 3.05. The number of nitrogens with two attached hydrogens (primary N) is 1. The molecule has 17 heavy (non-hydrogen) atoms. The zero-order chi connectivity index (χ0) is 12.7. The van der Waals surface area contributed by atoms with E-state index in [1.54, 1.807) is 11.8 Å². The average Bonchev–Trinajstić information content (AvgIpc) is 2.29. The Kier molecular flexibility index (Phi) is 6.77. The van der Waals surface area contributed by atoms with Crippen LogP contribution in [0.25, 0.3) is 0 Å². The van der Waals surface area contributed by atoms with Gasteiger partial charge >= 0.3 is 0 Å². The van der Waals surface area contributed by atoms with Crippen molar-refractivity contribution in [1.29, 1.82) is 0 Å². The third-order valence-corrected chi connectivity index (χ3v) is 3.95. The van der Waals surface area contributed by atoms with E-state index in [4.69, 9.17) is 18.0 Å². The van der Waals surface area contributed by atoms with Crippen LogP contribution in [-0.2, 0) is 0 Å². The summed E-state index contributed by atoms with van der Waals surface area (Å²) in [5.74, 6) is 2.09. The number of rotatable bonds is 7. The molecule has 0 aromatic heterocycles. The summed E-state index contributed by atoms with van der Waals surface area (Å²) in [4.78, 5) is 1.63. The predicted octanol–water partition coefficient (Wildman–Crippen LogP) is 3.21. The largest absolute Gasteiger partial charge is 0.389 e. The molecule has 0 aliphatic heterocycles. The van der Waals surface area contributed by atoms with Crippen LogP contribution in [0.2, 0.25) is 0 Å². The van der Waals surface area contributed by atoms with Crippen LogP contribution in [0.5, 0.6) is 0 Å². The predicted molar refractivity (Wildman–Crippen MR) is 85.6 cm³/mol. The molecule has 0 bridgehead atoms. The molecule has 0 radical (unpaired) electrons. The third kappa shape index (κ3) is 4.41. The lowest BCUT2D eigenvalue weighted by atomic mass is 10.1. The van der Waals surface area contributed by atoms with E-state index in [2.05, 4.69) is 24.6 Å². The van der Waals surface area contributed by atoms with Gasteiger partial charge in [0, 0.05) is 28.4 Å². The lowest BCUT2D eigenvalue weighted by molar-refractivity contribution is 1.21. The molecule has 0 saturated heterocycles. The average molecular weight is 286 g/mol. The highest BCUT2D eigenvalue weighted by Gasteiger charge is 2.10. The summed E-state index contributed by atoms with van der Waals surface area (Å²) in [5.41, 5.74) is 7.85. The van der Waals surface area contributed by atoms with Crippen LogP contribution in [-0.4, -0.2) is 29.3 Å². The Labute approximate surface area is 117 Å². The van der Waals surface area contributed by atoms with E-state index in [9.17, 15) is 0 Å². The minimum Gasteiger partial charge on any atom is -0.389 e. The van der Waals surface area contributed by atoms with Gasteiger partial charge in [0.25, 0.3) is 0 Å². The molecule has 0 heterocycles. The van der Waals surface area contributed by atoms with Crippen molar-refractivity contribution in [2.75, 3.05) is 29.6 Å².